The summed E-state index contributed by atoms with van der Waals surface area (Å²) in [4.78, 5) is 23.7. The fourth-order valence-corrected chi connectivity index (χ4v) is 2.11. The SMILES string of the molecule is CCCC(=O)C1(C(=O)OC)CCNCC1. The molecule has 0 aromatic rings. The lowest BCUT2D eigenvalue weighted by atomic mass is 9.74. The molecule has 0 aliphatic carbocycles. The summed E-state index contributed by atoms with van der Waals surface area (Å²) in [5, 5.41) is 3.16. The maximum Gasteiger partial charge on any atom is 0.319 e. The first-order chi connectivity index (χ1) is 7.17. The van der Waals surface area contributed by atoms with Crippen LogP contribution in [0.2, 0.25) is 0 Å². The van der Waals surface area contributed by atoms with Crippen LogP contribution in [0.4, 0.5) is 0 Å². The Morgan fingerprint density at radius 2 is 1.93 bits per heavy atom. The van der Waals surface area contributed by atoms with Crippen molar-refractivity contribution in [2.24, 2.45) is 5.41 Å². The monoisotopic (exact) mass is 213 g/mol. The number of esters is 1. The number of carbonyl (C=O) groups is 2. The molecule has 1 fully saturated rings. The van der Waals surface area contributed by atoms with E-state index < -0.39 is 5.41 Å². The van der Waals surface area contributed by atoms with Crippen molar-refractivity contribution in [2.45, 2.75) is 32.6 Å². The van der Waals surface area contributed by atoms with Crippen molar-refractivity contribution < 1.29 is 14.3 Å². The maximum atomic E-state index is 12.0. The van der Waals surface area contributed by atoms with E-state index in [0.29, 0.717) is 32.4 Å². The summed E-state index contributed by atoms with van der Waals surface area (Å²) >= 11 is 0. The molecule has 1 aliphatic rings. The number of carbonyl (C=O) groups excluding carboxylic acids is 2. The molecule has 0 bridgehead atoms. The number of ether oxygens (including phenoxy) is 1. The molecular formula is C11H19NO3. The van der Waals surface area contributed by atoms with Crippen molar-refractivity contribution in [1.29, 1.82) is 0 Å². The van der Waals surface area contributed by atoms with E-state index in [1.807, 2.05) is 6.92 Å². The molecule has 0 aromatic carbocycles. The van der Waals surface area contributed by atoms with Crippen LogP contribution in [0.3, 0.4) is 0 Å². The number of hydrogen-bond donors (Lipinski definition) is 1. The topological polar surface area (TPSA) is 55.4 Å². The average molecular weight is 213 g/mol. The minimum atomic E-state index is -0.865. The molecule has 86 valence electrons. The van der Waals surface area contributed by atoms with Crippen LogP contribution in [0.5, 0.6) is 0 Å². The summed E-state index contributed by atoms with van der Waals surface area (Å²) in [6.07, 6.45) is 2.39. The molecule has 0 saturated carbocycles. The molecule has 0 aromatic heterocycles. The summed E-state index contributed by atoms with van der Waals surface area (Å²) in [6, 6.07) is 0. The smallest absolute Gasteiger partial charge is 0.319 e. The van der Waals surface area contributed by atoms with Gasteiger partial charge >= 0.3 is 5.97 Å². The minimum Gasteiger partial charge on any atom is -0.468 e. The highest BCUT2D eigenvalue weighted by Crippen LogP contribution is 2.32. The number of methoxy groups -OCH3 is 1. The van der Waals surface area contributed by atoms with Gasteiger partial charge < -0.3 is 10.1 Å². The fourth-order valence-electron chi connectivity index (χ4n) is 2.11. The average Bonchev–Trinajstić information content (AvgIpc) is 2.29. The van der Waals surface area contributed by atoms with Crippen LogP contribution in [-0.2, 0) is 14.3 Å². The summed E-state index contributed by atoms with van der Waals surface area (Å²) in [5.74, 6) is -0.319. The summed E-state index contributed by atoms with van der Waals surface area (Å²) in [6.45, 7) is 3.37. The molecular weight excluding hydrogens is 194 g/mol. The largest absolute Gasteiger partial charge is 0.468 e. The lowest BCUT2D eigenvalue weighted by molar-refractivity contribution is -0.160. The van der Waals surface area contributed by atoms with Gasteiger partial charge in [0.1, 0.15) is 11.2 Å². The normalized spacial score (nSPS) is 19.6. The van der Waals surface area contributed by atoms with Crippen LogP contribution in [0, 0.1) is 5.41 Å². The lowest BCUT2D eigenvalue weighted by Gasteiger charge is -2.33. The second-order valence-electron chi connectivity index (χ2n) is 4.00. The predicted octanol–water partition coefficient (Wildman–Crippen LogP) is 0.898. The summed E-state index contributed by atoms with van der Waals surface area (Å²) in [5.41, 5.74) is -0.865. The Labute approximate surface area is 90.4 Å². The van der Waals surface area contributed by atoms with Gasteiger partial charge in [-0.05, 0) is 32.4 Å². The molecule has 0 spiro atoms. The van der Waals surface area contributed by atoms with Gasteiger partial charge in [-0.25, -0.2) is 0 Å². The molecule has 0 radical (unpaired) electrons. The molecule has 1 N–H and O–H groups in total. The van der Waals surface area contributed by atoms with Gasteiger partial charge in [-0.15, -0.1) is 0 Å². The predicted molar refractivity (Wildman–Crippen MR) is 56.5 cm³/mol. The van der Waals surface area contributed by atoms with E-state index in [0.717, 1.165) is 6.42 Å². The zero-order valence-electron chi connectivity index (χ0n) is 9.47. The van der Waals surface area contributed by atoms with E-state index in [-0.39, 0.29) is 11.8 Å². The molecule has 15 heavy (non-hydrogen) atoms. The third kappa shape index (κ3) is 2.37. The van der Waals surface area contributed by atoms with E-state index in [4.69, 9.17) is 4.74 Å². The number of rotatable bonds is 4. The van der Waals surface area contributed by atoms with Crippen molar-refractivity contribution in [1.82, 2.24) is 5.32 Å². The van der Waals surface area contributed by atoms with Crippen LogP contribution in [0.25, 0.3) is 0 Å². The van der Waals surface area contributed by atoms with Gasteiger partial charge in [-0.1, -0.05) is 6.92 Å². The molecule has 0 unspecified atom stereocenters. The third-order valence-electron chi connectivity index (χ3n) is 3.04. The summed E-state index contributed by atoms with van der Waals surface area (Å²) < 4.78 is 4.77. The quantitative estimate of drug-likeness (QED) is 0.557. The first-order valence-corrected chi connectivity index (χ1v) is 5.50. The first-order valence-electron chi connectivity index (χ1n) is 5.50. The standard InChI is InChI=1S/C11H19NO3/c1-3-4-9(13)11(10(14)15-2)5-7-12-8-6-11/h12H,3-8H2,1-2H3. The Balaban J connectivity index is 2.84. The van der Waals surface area contributed by atoms with Crippen molar-refractivity contribution >= 4 is 11.8 Å². The van der Waals surface area contributed by atoms with Crippen LogP contribution in [0.15, 0.2) is 0 Å². The van der Waals surface area contributed by atoms with Gasteiger partial charge in [0.2, 0.25) is 0 Å². The van der Waals surface area contributed by atoms with Crippen molar-refractivity contribution in [3.05, 3.63) is 0 Å². The van der Waals surface area contributed by atoms with Crippen molar-refractivity contribution in [3.63, 3.8) is 0 Å². The van der Waals surface area contributed by atoms with E-state index >= 15 is 0 Å². The van der Waals surface area contributed by atoms with E-state index in [9.17, 15) is 9.59 Å². The molecule has 1 heterocycles. The van der Waals surface area contributed by atoms with E-state index in [1.165, 1.54) is 7.11 Å². The van der Waals surface area contributed by atoms with Gasteiger partial charge in [0.05, 0.1) is 7.11 Å². The second kappa shape index (κ2) is 5.26. The van der Waals surface area contributed by atoms with Crippen LogP contribution < -0.4 is 5.32 Å². The molecule has 0 amide bonds. The van der Waals surface area contributed by atoms with Crippen LogP contribution in [-0.4, -0.2) is 32.0 Å². The van der Waals surface area contributed by atoms with Crippen molar-refractivity contribution in [2.75, 3.05) is 20.2 Å². The Bertz CT molecular complexity index is 244. The Morgan fingerprint density at radius 1 is 1.33 bits per heavy atom. The molecule has 4 nitrogen and oxygen atoms in total. The van der Waals surface area contributed by atoms with Gasteiger partial charge in [0, 0.05) is 6.42 Å². The minimum absolute atomic E-state index is 0.0401. The number of Topliss-reactive ketones (excluding diaryl/α,β-unsaturated/α-hetero) is 1. The van der Waals surface area contributed by atoms with Crippen LogP contribution >= 0.6 is 0 Å². The highest BCUT2D eigenvalue weighted by Gasteiger charge is 2.46. The van der Waals surface area contributed by atoms with Crippen LogP contribution in [0.1, 0.15) is 32.6 Å². The summed E-state index contributed by atoms with van der Waals surface area (Å²) in [7, 11) is 1.35. The third-order valence-corrected chi connectivity index (χ3v) is 3.04. The van der Waals surface area contributed by atoms with Gasteiger partial charge in [0.25, 0.3) is 0 Å². The maximum absolute atomic E-state index is 12.0. The molecule has 1 aliphatic heterocycles. The Kier molecular flexibility index (Phi) is 4.27. The lowest BCUT2D eigenvalue weighted by Crippen LogP contribution is -2.48. The van der Waals surface area contributed by atoms with Gasteiger partial charge in [0.15, 0.2) is 0 Å². The Morgan fingerprint density at radius 3 is 2.40 bits per heavy atom. The van der Waals surface area contributed by atoms with E-state index in [1.54, 1.807) is 0 Å². The molecule has 0 atom stereocenters. The van der Waals surface area contributed by atoms with Crippen molar-refractivity contribution in [3.8, 4) is 0 Å². The number of nitrogens with one attached hydrogen (secondary N) is 1. The molecule has 4 heteroatoms. The molecule has 1 rings (SSSR count). The highest BCUT2D eigenvalue weighted by molar-refractivity contribution is 6.03. The number of ketones is 1. The van der Waals surface area contributed by atoms with E-state index in [2.05, 4.69) is 5.32 Å². The Hall–Kier alpha value is -0.900. The zero-order chi connectivity index (χ0) is 11.3. The second-order valence-corrected chi connectivity index (χ2v) is 4.00. The first kappa shape index (κ1) is 12.2. The fraction of sp³-hybridized carbons (Fsp3) is 0.818. The van der Waals surface area contributed by atoms with Gasteiger partial charge in [-0.3, -0.25) is 9.59 Å². The highest BCUT2D eigenvalue weighted by atomic mass is 16.5. The number of piperidine rings is 1. The van der Waals surface area contributed by atoms with Gasteiger partial charge in [-0.2, -0.15) is 0 Å². The molecule has 1 saturated heterocycles. The number of hydrogen-bond acceptors (Lipinski definition) is 4. The zero-order valence-corrected chi connectivity index (χ0v) is 9.47.